The highest BCUT2D eigenvalue weighted by atomic mass is 32.2. The van der Waals surface area contributed by atoms with Crippen molar-refractivity contribution in [2.45, 2.75) is 31.1 Å². The van der Waals surface area contributed by atoms with E-state index in [-0.39, 0.29) is 11.8 Å². The predicted octanol–water partition coefficient (Wildman–Crippen LogP) is 2.42. The van der Waals surface area contributed by atoms with Gasteiger partial charge >= 0.3 is 0 Å². The SMILES string of the molecule is CCC(=O)N1CCCN(C(=O)Cc2ccc(SC)cc2)CC1. The van der Waals surface area contributed by atoms with Crippen LogP contribution in [0.25, 0.3) is 0 Å². The Morgan fingerprint density at radius 1 is 1.00 bits per heavy atom. The molecule has 0 saturated carbocycles. The summed E-state index contributed by atoms with van der Waals surface area (Å²) in [7, 11) is 0. The van der Waals surface area contributed by atoms with Crippen LogP contribution in [0.2, 0.25) is 0 Å². The third-order valence-electron chi connectivity index (χ3n) is 4.02. The minimum atomic E-state index is 0.155. The van der Waals surface area contributed by atoms with Crippen LogP contribution in [0.1, 0.15) is 25.3 Å². The van der Waals surface area contributed by atoms with Crippen LogP contribution in [0.4, 0.5) is 0 Å². The highest BCUT2D eigenvalue weighted by Crippen LogP contribution is 2.16. The summed E-state index contributed by atoms with van der Waals surface area (Å²) in [6.45, 7) is 4.69. The molecule has 0 atom stereocenters. The van der Waals surface area contributed by atoms with Crippen LogP contribution in [-0.2, 0) is 16.0 Å². The first-order valence-electron chi connectivity index (χ1n) is 7.82. The molecule has 0 aromatic heterocycles. The van der Waals surface area contributed by atoms with E-state index in [9.17, 15) is 9.59 Å². The molecule has 1 saturated heterocycles. The van der Waals surface area contributed by atoms with E-state index in [0.717, 1.165) is 25.1 Å². The summed E-state index contributed by atoms with van der Waals surface area (Å²) in [5.74, 6) is 0.338. The minimum Gasteiger partial charge on any atom is -0.341 e. The third-order valence-corrected chi connectivity index (χ3v) is 4.76. The molecular weight excluding hydrogens is 296 g/mol. The van der Waals surface area contributed by atoms with Crippen molar-refractivity contribution in [1.82, 2.24) is 9.80 Å². The Labute approximate surface area is 136 Å². The van der Waals surface area contributed by atoms with Crippen molar-refractivity contribution in [3.8, 4) is 0 Å². The highest BCUT2D eigenvalue weighted by molar-refractivity contribution is 7.98. The largest absolute Gasteiger partial charge is 0.341 e. The lowest BCUT2D eigenvalue weighted by molar-refractivity contribution is -0.133. The van der Waals surface area contributed by atoms with Crippen LogP contribution >= 0.6 is 11.8 Å². The first-order chi connectivity index (χ1) is 10.6. The molecule has 2 amide bonds. The molecule has 0 bridgehead atoms. The van der Waals surface area contributed by atoms with Gasteiger partial charge in [0.2, 0.25) is 11.8 Å². The molecule has 1 aromatic rings. The molecular formula is C17H24N2O2S. The van der Waals surface area contributed by atoms with Gasteiger partial charge in [0.1, 0.15) is 0 Å². The molecule has 0 aliphatic carbocycles. The fourth-order valence-corrected chi connectivity index (χ4v) is 3.08. The van der Waals surface area contributed by atoms with Crippen LogP contribution in [0.15, 0.2) is 29.2 Å². The van der Waals surface area contributed by atoms with Gasteiger partial charge in [-0.3, -0.25) is 9.59 Å². The Hall–Kier alpha value is -1.49. The summed E-state index contributed by atoms with van der Waals surface area (Å²) in [5.41, 5.74) is 1.05. The van der Waals surface area contributed by atoms with Crippen LogP contribution in [0.3, 0.4) is 0 Å². The average Bonchev–Trinajstić information content (AvgIpc) is 2.81. The number of rotatable bonds is 4. The zero-order valence-electron chi connectivity index (χ0n) is 13.4. The van der Waals surface area contributed by atoms with Gasteiger partial charge in [-0.25, -0.2) is 0 Å². The Morgan fingerprint density at radius 3 is 2.14 bits per heavy atom. The van der Waals surface area contributed by atoms with Crippen molar-refractivity contribution < 1.29 is 9.59 Å². The first kappa shape index (κ1) is 16.9. The van der Waals surface area contributed by atoms with E-state index in [1.54, 1.807) is 11.8 Å². The number of nitrogens with zero attached hydrogens (tertiary/aromatic N) is 2. The van der Waals surface area contributed by atoms with Gasteiger partial charge in [-0.15, -0.1) is 11.8 Å². The van der Waals surface area contributed by atoms with Gasteiger partial charge < -0.3 is 9.80 Å². The number of thioether (sulfide) groups is 1. The lowest BCUT2D eigenvalue weighted by Crippen LogP contribution is -2.37. The Balaban J connectivity index is 1.90. The van der Waals surface area contributed by atoms with Gasteiger partial charge in [-0.05, 0) is 30.4 Å². The minimum absolute atomic E-state index is 0.155. The monoisotopic (exact) mass is 320 g/mol. The Kier molecular flexibility index (Phi) is 6.31. The number of carbonyl (C=O) groups excluding carboxylic acids is 2. The molecule has 1 aliphatic rings. The zero-order valence-corrected chi connectivity index (χ0v) is 14.2. The summed E-state index contributed by atoms with van der Waals surface area (Å²) in [6.07, 6.45) is 3.88. The van der Waals surface area contributed by atoms with E-state index in [2.05, 4.69) is 12.1 Å². The summed E-state index contributed by atoms with van der Waals surface area (Å²) in [4.78, 5) is 29.2. The van der Waals surface area contributed by atoms with Crippen molar-refractivity contribution in [2.24, 2.45) is 0 Å². The Morgan fingerprint density at radius 2 is 1.59 bits per heavy atom. The number of hydrogen-bond donors (Lipinski definition) is 0. The second kappa shape index (κ2) is 8.22. The molecule has 0 unspecified atom stereocenters. The van der Waals surface area contributed by atoms with E-state index < -0.39 is 0 Å². The molecule has 0 N–H and O–H groups in total. The van der Waals surface area contributed by atoms with Crippen molar-refractivity contribution in [2.75, 3.05) is 32.4 Å². The Bertz CT molecular complexity index is 516. The number of carbonyl (C=O) groups is 2. The molecule has 5 heteroatoms. The van der Waals surface area contributed by atoms with E-state index in [0.29, 0.717) is 25.9 Å². The molecule has 1 aromatic carbocycles. The highest BCUT2D eigenvalue weighted by Gasteiger charge is 2.21. The fraction of sp³-hybridized carbons (Fsp3) is 0.529. The number of amides is 2. The third kappa shape index (κ3) is 4.50. The van der Waals surface area contributed by atoms with E-state index in [1.807, 2.05) is 35.1 Å². The maximum absolute atomic E-state index is 12.4. The summed E-state index contributed by atoms with van der Waals surface area (Å²) >= 11 is 1.70. The van der Waals surface area contributed by atoms with Crippen LogP contribution in [-0.4, -0.2) is 54.0 Å². The van der Waals surface area contributed by atoms with Crippen LogP contribution in [0, 0.1) is 0 Å². The normalized spacial score (nSPS) is 15.5. The molecule has 0 radical (unpaired) electrons. The smallest absolute Gasteiger partial charge is 0.227 e. The second-order valence-corrected chi connectivity index (χ2v) is 6.37. The molecule has 1 aliphatic heterocycles. The number of benzene rings is 1. The molecule has 0 spiro atoms. The van der Waals surface area contributed by atoms with Crippen LogP contribution < -0.4 is 0 Å². The standard InChI is InChI=1S/C17H24N2O2S/c1-3-16(20)18-9-4-10-19(12-11-18)17(21)13-14-5-7-15(22-2)8-6-14/h5-8H,3-4,9-13H2,1-2H3. The molecule has 2 rings (SSSR count). The maximum Gasteiger partial charge on any atom is 0.227 e. The number of hydrogen-bond acceptors (Lipinski definition) is 3. The lowest BCUT2D eigenvalue weighted by Gasteiger charge is -2.22. The lowest BCUT2D eigenvalue weighted by atomic mass is 10.1. The van der Waals surface area contributed by atoms with Gasteiger partial charge in [0.15, 0.2) is 0 Å². The molecule has 1 fully saturated rings. The molecule has 22 heavy (non-hydrogen) atoms. The quantitative estimate of drug-likeness (QED) is 0.800. The summed E-state index contributed by atoms with van der Waals surface area (Å²) < 4.78 is 0. The van der Waals surface area contributed by atoms with E-state index >= 15 is 0 Å². The van der Waals surface area contributed by atoms with Crippen molar-refractivity contribution in [3.05, 3.63) is 29.8 Å². The average molecular weight is 320 g/mol. The zero-order chi connectivity index (χ0) is 15.9. The van der Waals surface area contributed by atoms with E-state index in [4.69, 9.17) is 0 Å². The van der Waals surface area contributed by atoms with Gasteiger partial charge in [-0.2, -0.15) is 0 Å². The fourth-order valence-electron chi connectivity index (χ4n) is 2.67. The molecule has 1 heterocycles. The van der Waals surface area contributed by atoms with Crippen molar-refractivity contribution >= 4 is 23.6 Å². The second-order valence-electron chi connectivity index (χ2n) is 5.49. The van der Waals surface area contributed by atoms with Gasteiger partial charge in [0.05, 0.1) is 6.42 Å². The maximum atomic E-state index is 12.4. The topological polar surface area (TPSA) is 40.6 Å². The summed E-state index contributed by atoms with van der Waals surface area (Å²) in [6, 6.07) is 8.15. The van der Waals surface area contributed by atoms with Crippen molar-refractivity contribution in [1.29, 1.82) is 0 Å². The predicted molar refractivity (Wildman–Crippen MR) is 90.0 cm³/mol. The van der Waals surface area contributed by atoms with Crippen molar-refractivity contribution in [3.63, 3.8) is 0 Å². The van der Waals surface area contributed by atoms with Crippen LogP contribution in [0.5, 0.6) is 0 Å². The van der Waals surface area contributed by atoms with Gasteiger partial charge in [-0.1, -0.05) is 19.1 Å². The first-order valence-corrected chi connectivity index (χ1v) is 9.05. The van der Waals surface area contributed by atoms with Gasteiger partial charge in [0, 0.05) is 37.5 Å². The summed E-state index contributed by atoms with van der Waals surface area (Å²) in [5, 5.41) is 0. The molecule has 4 nitrogen and oxygen atoms in total. The van der Waals surface area contributed by atoms with Gasteiger partial charge in [0.25, 0.3) is 0 Å². The van der Waals surface area contributed by atoms with E-state index in [1.165, 1.54) is 4.90 Å². The molecule has 120 valence electrons.